The zero-order valence-electron chi connectivity index (χ0n) is 12.9. The lowest BCUT2D eigenvalue weighted by atomic mass is 9.66. The molecule has 0 saturated heterocycles. The molecule has 0 radical (unpaired) electrons. The van der Waals surface area contributed by atoms with E-state index in [4.69, 9.17) is 5.73 Å². The van der Waals surface area contributed by atoms with Crippen LogP contribution < -0.4 is 5.73 Å². The Morgan fingerprint density at radius 1 is 0.952 bits per heavy atom. The first kappa shape index (κ1) is 15.7. The lowest BCUT2D eigenvalue weighted by Crippen LogP contribution is -2.44. The first-order chi connectivity index (χ1) is 10.1. The molecule has 21 heavy (non-hydrogen) atoms. The summed E-state index contributed by atoms with van der Waals surface area (Å²) in [5.41, 5.74) is 7.94. The molecule has 3 N–H and O–H groups in total. The molecule has 0 aliphatic carbocycles. The van der Waals surface area contributed by atoms with Crippen molar-refractivity contribution in [2.75, 3.05) is 0 Å². The second-order valence-corrected chi connectivity index (χ2v) is 5.81. The Bertz CT molecular complexity index is 497. The Balaban J connectivity index is 2.65. The van der Waals surface area contributed by atoms with Crippen LogP contribution in [0.5, 0.6) is 0 Å². The molecule has 0 saturated carbocycles. The van der Waals surface area contributed by atoms with Crippen molar-refractivity contribution in [2.24, 2.45) is 5.73 Å². The number of nitrogens with two attached hydrogens (primary N) is 1. The smallest absolute Gasteiger partial charge is 0.0675 e. The second kappa shape index (κ2) is 6.88. The Hall–Kier alpha value is -1.64. The summed E-state index contributed by atoms with van der Waals surface area (Å²) in [6, 6.07) is 20.5. The van der Waals surface area contributed by atoms with Crippen LogP contribution in [0, 0.1) is 0 Å². The molecule has 0 aliphatic heterocycles. The normalized spacial score (nSPS) is 14.7. The number of hydrogen-bond acceptors (Lipinski definition) is 2. The highest BCUT2D eigenvalue weighted by Gasteiger charge is 2.40. The van der Waals surface area contributed by atoms with Gasteiger partial charge in [-0.3, -0.25) is 0 Å². The van der Waals surface area contributed by atoms with Gasteiger partial charge in [-0.1, -0.05) is 67.6 Å². The molecule has 2 atom stereocenters. The Morgan fingerprint density at radius 3 is 1.71 bits per heavy atom. The number of aliphatic hydroxyl groups excluding tert-OH is 1. The van der Waals surface area contributed by atoms with Gasteiger partial charge in [0.1, 0.15) is 0 Å². The fourth-order valence-electron chi connectivity index (χ4n) is 3.25. The Labute approximate surface area is 127 Å². The molecule has 2 aromatic rings. The zero-order valence-corrected chi connectivity index (χ0v) is 12.9. The average Bonchev–Trinajstić information content (AvgIpc) is 2.53. The van der Waals surface area contributed by atoms with Crippen molar-refractivity contribution in [3.8, 4) is 0 Å². The van der Waals surface area contributed by atoms with E-state index in [2.05, 4.69) is 24.3 Å². The molecule has 112 valence electrons. The van der Waals surface area contributed by atoms with Gasteiger partial charge in [0.2, 0.25) is 0 Å². The van der Waals surface area contributed by atoms with E-state index < -0.39 is 11.5 Å². The molecule has 0 spiro atoms. The van der Waals surface area contributed by atoms with Crippen LogP contribution in [-0.2, 0) is 5.41 Å². The van der Waals surface area contributed by atoms with Crippen molar-refractivity contribution in [2.45, 2.75) is 44.2 Å². The summed E-state index contributed by atoms with van der Waals surface area (Å²) < 4.78 is 0. The second-order valence-electron chi connectivity index (χ2n) is 5.81. The fourth-order valence-corrected chi connectivity index (χ4v) is 3.25. The van der Waals surface area contributed by atoms with Gasteiger partial charge in [-0.05, 0) is 30.9 Å². The van der Waals surface area contributed by atoms with Crippen molar-refractivity contribution in [1.82, 2.24) is 0 Å². The fraction of sp³-hybridized carbons (Fsp3) is 0.368. The van der Waals surface area contributed by atoms with E-state index in [1.165, 1.54) is 0 Å². The summed E-state index contributed by atoms with van der Waals surface area (Å²) in [6.07, 6.45) is 0.945. The predicted molar refractivity (Wildman–Crippen MR) is 88.2 cm³/mol. The highest BCUT2D eigenvalue weighted by atomic mass is 16.3. The molecule has 0 aliphatic rings. The van der Waals surface area contributed by atoms with Gasteiger partial charge in [0.15, 0.2) is 0 Å². The number of rotatable bonds is 6. The van der Waals surface area contributed by atoms with Gasteiger partial charge >= 0.3 is 0 Å². The minimum absolute atomic E-state index is 0.00612. The lowest BCUT2D eigenvalue weighted by molar-refractivity contribution is 0.0891. The Morgan fingerprint density at radius 2 is 1.38 bits per heavy atom. The molecule has 2 rings (SSSR count). The zero-order chi connectivity index (χ0) is 15.3. The summed E-state index contributed by atoms with van der Waals surface area (Å²) >= 11 is 0. The third-order valence-electron chi connectivity index (χ3n) is 4.18. The maximum atomic E-state index is 10.9. The molecule has 2 nitrogen and oxygen atoms in total. The maximum absolute atomic E-state index is 10.9. The van der Waals surface area contributed by atoms with Gasteiger partial charge in [0.25, 0.3) is 0 Å². The van der Waals surface area contributed by atoms with Gasteiger partial charge in [0.05, 0.1) is 6.10 Å². The van der Waals surface area contributed by atoms with Gasteiger partial charge in [-0.2, -0.15) is 0 Å². The van der Waals surface area contributed by atoms with Crippen LogP contribution in [0.3, 0.4) is 0 Å². The van der Waals surface area contributed by atoms with Crippen molar-refractivity contribution in [1.29, 1.82) is 0 Å². The topological polar surface area (TPSA) is 46.2 Å². The average molecular weight is 283 g/mol. The summed E-state index contributed by atoms with van der Waals surface area (Å²) in [6.45, 7) is 4.02. The van der Waals surface area contributed by atoms with Crippen molar-refractivity contribution in [3.05, 3.63) is 71.8 Å². The third-order valence-corrected chi connectivity index (χ3v) is 4.18. The van der Waals surface area contributed by atoms with Gasteiger partial charge < -0.3 is 10.8 Å². The summed E-state index contributed by atoms with van der Waals surface area (Å²) in [5.74, 6) is 0. The first-order valence-corrected chi connectivity index (χ1v) is 7.66. The summed E-state index contributed by atoms with van der Waals surface area (Å²) in [5, 5.41) is 10.9. The van der Waals surface area contributed by atoms with E-state index >= 15 is 0 Å². The quantitative estimate of drug-likeness (QED) is 0.852. The van der Waals surface area contributed by atoms with E-state index in [0.29, 0.717) is 6.42 Å². The van der Waals surface area contributed by atoms with E-state index in [1.54, 1.807) is 0 Å². The van der Waals surface area contributed by atoms with Crippen LogP contribution >= 0.6 is 0 Å². The summed E-state index contributed by atoms with van der Waals surface area (Å²) in [7, 11) is 0. The van der Waals surface area contributed by atoms with Gasteiger partial charge in [-0.15, -0.1) is 0 Å². The van der Waals surface area contributed by atoms with Crippen molar-refractivity contribution >= 4 is 0 Å². The maximum Gasteiger partial charge on any atom is 0.0675 e. The number of aliphatic hydroxyl groups is 1. The highest BCUT2D eigenvalue weighted by Crippen LogP contribution is 2.40. The number of hydrogen-bond donors (Lipinski definition) is 2. The third kappa shape index (κ3) is 3.17. The van der Waals surface area contributed by atoms with Gasteiger partial charge in [-0.25, -0.2) is 0 Å². The molecule has 0 amide bonds. The van der Waals surface area contributed by atoms with E-state index in [-0.39, 0.29) is 6.04 Å². The van der Waals surface area contributed by atoms with Crippen LogP contribution in [-0.4, -0.2) is 17.3 Å². The van der Waals surface area contributed by atoms with E-state index in [9.17, 15) is 5.11 Å². The Kier molecular flexibility index (Phi) is 5.16. The van der Waals surface area contributed by atoms with Crippen LogP contribution in [0.4, 0.5) is 0 Å². The minimum Gasteiger partial charge on any atom is -0.392 e. The predicted octanol–water partition coefficient (Wildman–Crippen LogP) is 3.48. The van der Waals surface area contributed by atoms with Crippen molar-refractivity contribution < 1.29 is 5.11 Å². The largest absolute Gasteiger partial charge is 0.392 e. The molecule has 0 fully saturated rings. The SMILES string of the molecule is CC[C@@H](O)C(C[C@@H](C)N)(c1ccccc1)c1ccccc1. The van der Waals surface area contributed by atoms with Crippen LogP contribution in [0.1, 0.15) is 37.8 Å². The molecule has 0 unspecified atom stereocenters. The first-order valence-electron chi connectivity index (χ1n) is 7.66. The van der Waals surface area contributed by atoms with Crippen LogP contribution in [0.2, 0.25) is 0 Å². The molecular weight excluding hydrogens is 258 g/mol. The number of benzene rings is 2. The monoisotopic (exact) mass is 283 g/mol. The molecular formula is C19H25NO. The molecule has 0 bridgehead atoms. The minimum atomic E-state index is -0.465. The molecule has 0 aromatic heterocycles. The standard InChI is InChI=1S/C19H25NO/c1-3-18(21)19(14-15(2)20,16-10-6-4-7-11-16)17-12-8-5-9-13-17/h4-13,15,18,21H,3,14,20H2,1-2H3/t15-,18-/m1/s1. The van der Waals surface area contributed by atoms with Crippen molar-refractivity contribution in [3.63, 3.8) is 0 Å². The highest BCUT2D eigenvalue weighted by molar-refractivity contribution is 5.41. The molecule has 0 heterocycles. The molecule has 2 heteroatoms. The summed E-state index contributed by atoms with van der Waals surface area (Å²) in [4.78, 5) is 0. The molecule has 2 aromatic carbocycles. The van der Waals surface area contributed by atoms with Crippen LogP contribution in [0.25, 0.3) is 0 Å². The van der Waals surface area contributed by atoms with Gasteiger partial charge in [0, 0.05) is 11.5 Å². The van der Waals surface area contributed by atoms with E-state index in [0.717, 1.165) is 17.5 Å². The van der Waals surface area contributed by atoms with Crippen LogP contribution in [0.15, 0.2) is 60.7 Å². The lowest BCUT2D eigenvalue weighted by Gasteiger charge is -2.40. The van der Waals surface area contributed by atoms with E-state index in [1.807, 2.05) is 50.2 Å².